The van der Waals surface area contributed by atoms with Gasteiger partial charge in [-0.3, -0.25) is 4.79 Å². The van der Waals surface area contributed by atoms with Crippen molar-refractivity contribution in [1.82, 2.24) is 0 Å². The molecule has 3 aromatic carbocycles. The fraction of sp³-hybridized carbons (Fsp3) is 0.115. The normalized spacial score (nSPS) is 11.9. The average Bonchev–Trinajstić information content (AvgIpc) is 2.91. The Bertz CT molecular complexity index is 1260. The molecule has 3 rings (SSSR count). The number of benzene rings is 3. The Morgan fingerprint density at radius 2 is 1.14 bits per heavy atom. The van der Waals surface area contributed by atoms with Crippen LogP contribution in [-0.2, 0) is 23.8 Å². The molecule has 0 saturated carbocycles. The summed E-state index contributed by atoms with van der Waals surface area (Å²) < 4.78 is 15.0. The molecule has 36 heavy (non-hydrogen) atoms. The number of nitrogens with one attached hydrogen (secondary N) is 1. The van der Waals surface area contributed by atoms with Gasteiger partial charge in [-0.1, -0.05) is 48.5 Å². The van der Waals surface area contributed by atoms with Crippen LogP contribution in [0.3, 0.4) is 0 Å². The second-order valence-corrected chi connectivity index (χ2v) is 7.25. The van der Waals surface area contributed by atoms with E-state index in [2.05, 4.69) is 10.1 Å². The Kier molecular flexibility index (Phi) is 8.49. The quantitative estimate of drug-likeness (QED) is 0.341. The number of carboxylic acids is 1. The van der Waals surface area contributed by atoms with Gasteiger partial charge in [0.15, 0.2) is 0 Å². The molecule has 1 amide bonds. The summed E-state index contributed by atoms with van der Waals surface area (Å²) in [5, 5.41) is 12.2. The minimum atomic E-state index is -2.21. The first kappa shape index (κ1) is 25.6. The first-order chi connectivity index (χ1) is 17.3. The van der Waals surface area contributed by atoms with Gasteiger partial charge in [-0.25, -0.2) is 19.2 Å². The zero-order chi connectivity index (χ0) is 26.1. The Labute approximate surface area is 205 Å². The van der Waals surface area contributed by atoms with Crippen molar-refractivity contribution in [2.75, 3.05) is 12.4 Å². The first-order valence-electron chi connectivity index (χ1n) is 10.5. The summed E-state index contributed by atoms with van der Waals surface area (Å²) >= 11 is 0. The number of ether oxygens (including phenoxy) is 3. The molecule has 0 aliphatic rings. The van der Waals surface area contributed by atoms with Gasteiger partial charge in [0.25, 0.3) is 5.91 Å². The van der Waals surface area contributed by atoms with E-state index in [1.165, 1.54) is 60.7 Å². The van der Waals surface area contributed by atoms with Crippen molar-refractivity contribution >= 4 is 35.5 Å². The highest BCUT2D eigenvalue weighted by Crippen LogP contribution is 2.19. The highest BCUT2D eigenvalue weighted by Gasteiger charge is 2.41. The summed E-state index contributed by atoms with van der Waals surface area (Å²) in [6, 6.07) is 20.8. The van der Waals surface area contributed by atoms with Crippen LogP contribution in [0.1, 0.15) is 31.1 Å². The number of amides is 1. The van der Waals surface area contributed by atoms with Gasteiger partial charge in [-0.05, 0) is 36.4 Å². The van der Waals surface area contributed by atoms with Crippen LogP contribution in [0.15, 0.2) is 84.9 Å². The van der Waals surface area contributed by atoms with E-state index in [1.807, 2.05) is 0 Å². The molecule has 0 radical (unpaired) electrons. The molecular formula is C26H21NO9. The van der Waals surface area contributed by atoms with E-state index >= 15 is 0 Å². The number of methoxy groups -OCH3 is 1. The molecule has 0 heterocycles. The fourth-order valence-electron chi connectivity index (χ4n) is 3.09. The van der Waals surface area contributed by atoms with E-state index in [4.69, 9.17) is 9.47 Å². The predicted octanol–water partition coefficient (Wildman–Crippen LogP) is 2.95. The van der Waals surface area contributed by atoms with E-state index in [9.17, 15) is 29.1 Å². The number of rotatable bonds is 9. The van der Waals surface area contributed by atoms with E-state index < -0.39 is 42.0 Å². The van der Waals surface area contributed by atoms with Crippen molar-refractivity contribution in [3.63, 3.8) is 0 Å². The molecule has 2 unspecified atom stereocenters. The summed E-state index contributed by atoms with van der Waals surface area (Å²) in [4.78, 5) is 62.6. The number of aliphatic carboxylic acids is 1. The maximum atomic E-state index is 13.2. The largest absolute Gasteiger partial charge is 0.478 e. The van der Waals surface area contributed by atoms with Crippen LogP contribution in [0, 0.1) is 0 Å². The number of anilines is 1. The van der Waals surface area contributed by atoms with E-state index in [-0.39, 0.29) is 22.4 Å². The van der Waals surface area contributed by atoms with Gasteiger partial charge < -0.3 is 24.6 Å². The molecule has 0 saturated heterocycles. The third-order valence-corrected chi connectivity index (χ3v) is 4.85. The standard InChI is InChI=1S/C26H21NO9/c1-34-26(33)18-14-8-9-15-19(18)27-22(28)20(35-24(31)16-10-4-2-5-11-16)21(23(29)30)36-25(32)17-12-6-3-7-13-17/h2-15,20-21H,1H3,(H,27,28)(H,29,30). The molecule has 0 spiro atoms. The summed E-state index contributed by atoms with van der Waals surface area (Å²) in [6.45, 7) is 0. The second kappa shape index (κ2) is 11.9. The Morgan fingerprint density at radius 1 is 0.667 bits per heavy atom. The van der Waals surface area contributed by atoms with E-state index in [0.29, 0.717) is 0 Å². The van der Waals surface area contributed by atoms with Crippen LogP contribution in [0.25, 0.3) is 0 Å². The van der Waals surface area contributed by atoms with Crippen LogP contribution in [-0.4, -0.2) is 54.2 Å². The molecule has 2 atom stereocenters. The molecule has 0 bridgehead atoms. The van der Waals surface area contributed by atoms with Crippen molar-refractivity contribution in [2.45, 2.75) is 12.2 Å². The van der Waals surface area contributed by atoms with E-state index in [1.54, 1.807) is 24.3 Å². The Hall–Kier alpha value is -4.99. The monoisotopic (exact) mass is 491 g/mol. The lowest BCUT2D eigenvalue weighted by Gasteiger charge is -2.24. The van der Waals surface area contributed by atoms with Crippen molar-refractivity contribution in [3.8, 4) is 0 Å². The maximum Gasteiger partial charge on any atom is 0.349 e. The fourth-order valence-corrected chi connectivity index (χ4v) is 3.09. The topological polar surface area (TPSA) is 145 Å². The molecule has 0 fully saturated rings. The predicted molar refractivity (Wildman–Crippen MR) is 125 cm³/mol. The van der Waals surface area contributed by atoms with Gasteiger partial charge in [0.1, 0.15) is 0 Å². The number of carboxylic acid groups (broad SMARTS) is 1. The lowest BCUT2D eigenvalue weighted by molar-refractivity contribution is -0.157. The van der Waals surface area contributed by atoms with Gasteiger partial charge in [0.05, 0.1) is 29.5 Å². The molecule has 10 nitrogen and oxygen atoms in total. The van der Waals surface area contributed by atoms with Crippen LogP contribution in [0.2, 0.25) is 0 Å². The average molecular weight is 491 g/mol. The minimum Gasteiger partial charge on any atom is -0.478 e. The summed E-state index contributed by atoms with van der Waals surface area (Å²) in [7, 11) is 1.15. The first-order valence-corrected chi connectivity index (χ1v) is 10.5. The summed E-state index contributed by atoms with van der Waals surface area (Å²) in [5.74, 6) is -5.73. The molecule has 0 aliphatic heterocycles. The number of hydrogen-bond donors (Lipinski definition) is 2. The molecule has 2 N–H and O–H groups in total. The molecule has 0 aliphatic carbocycles. The van der Waals surface area contributed by atoms with E-state index in [0.717, 1.165) is 7.11 Å². The van der Waals surface area contributed by atoms with Crippen LogP contribution < -0.4 is 5.32 Å². The zero-order valence-corrected chi connectivity index (χ0v) is 19.0. The van der Waals surface area contributed by atoms with Crippen LogP contribution in [0.4, 0.5) is 5.69 Å². The summed E-state index contributed by atoms with van der Waals surface area (Å²) in [5.41, 5.74) is -0.0135. The van der Waals surface area contributed by atoms with Crippen molar-refractivity contribution in [3.05, 3.63) is 102 Å². The molecule has 3 aromatic rings. The highest BCUT2D eigenvalue weighted by molar-refractivity contribution is 6.05. The maximum absolute atomic E-state index is 13.2. The van der Waals surface area contributed by atoms with Crippen molar-refractivity contribution in [1.29, 1.82) is 0 Å². The second-order valence-electron chi connectivity index (χ2n) is 7.25. The molecule has 184 valence electrons. The lowest BCUT2D eigenvalue weighted by Crippen LogP contribution is -2.48. The SMILES string of the molecule is COC(=O)c1ccccc1NC(=O)C(OC(=O)c1ccccc1)C(OC(=O)c1ccccc1)C(=O)O. The van der Waals surface area contributed by atoms with Crippen LogP contribution in [0.5, 0.6) is 0 Å². The van der Waals surface area contributed by atoms with Gasteiger partial charge in [-0.15, -0.1) is 0 Å². The number of carbonyl (C=O) groups excluding carboxylic acids is 4. The van der Waals surface area contributed by atoms with Gasteiger partial charge in [-0.2, -0.15) is 0 Å². The lowest BCUT2D eigenvalue weighted by atomic mass is 10.1. The van der Waals surface area contributed by atoms with Gasteiger partial charge in [0.2, 0.25) is 12.2 Å². The summed E-state index contributed by atoms with van der Waals surface area (Å²) in [6.07, 6.45) is -4.33. The number of para-hydroxylation sites is 1. The van der Waals surface area contributed by atoms with Crippen LogP contribution >= 0.6 is 0 Å². The van der Waals surface area contributed by atoms with Gasteiger partial charge >= 0.3 is 23.9 Å². The van der Waals surface area contributed by atoms with Crippen molar-refractivity contribution < 1.29 is 43.3 Å². The van der Waals surface area contributed by atoms with Crippen molar-refractivity contribution in [2.24, 2.45) is 0 Å². The molecular weight excluding hydrogens is 470 g/mol. The smallest absolute Gasteiger partial charge is 0.349 e. The number of carbonyl (C=O) groups is 5. The Morgan fingerprint density at radius 3 is 1.64 bits per heavy atom. The zero-order valence-electron chi connectivity index (χ0n) is 19.0. The minimum absolute atomic E-state index is 0.0216. The molecule has 10 heteroatoms. The number of esters is 3. The Balaban J connectivity index is 1.95. The third-order valence-electron chi connectivity index (χ3n) is 4.85. The number of hydrogen-bond acceptors (Lipinski definition) is 8. The van der Waals surface area contributed by atoms with Gasteiger partial charge in [0, 0.05) is 0 Å². The highest BCUT2D eigenvalue weighted by atomic mass is 16.6. The third kappa shape index (κ3) is 6.32. The molecule has 0 aromatic heterocycles.